The molecule has 0 unspecified atom stereocenters. The van der Waals surface area contributed by atoms with Crippen molar-refractivity contribution in [3.63, 3.8) is 0 Å². The van der Waals surface area contributed by atoms with Crippen molar-refractivity contribution in [2.75, 3.05) is 5.75 Å². The summed E-state index contributed by atoms with van der Waals surface area (Å²) in [5, 5.41) is 7.43. The molecule has 1 N–H and O–H groups in total. The molecule has 0 aliphatic carbocycles. The van der Waals surface area contributed by atoms with Crippen LogP contribution in [0.1, 0.15) is 29.5 Å². The fraction of sp³-hybridized carbons (Fsp3) is 0.308. The average Bonchev–Trinajstić information content (AvgIpc) is 2.85. The van der Waals surface area contributed by atoms with Gasteiger partial charge >= 0.3 is 0 Å². The summed E-state index contributed by atoms with van der Waals surface area (Å²) in [5.41, 5.74) is 0.498. The van der Waals surface area contributed by atoms with Crippen LogP contribution in [0.25, 0.3) is 0 Å². The van der Waals surface area contributed by atoms with Crippen LogP contribution in [0.5, 0.6) is 0 Å². The minimum atomic E-state index is -0.345. The third-order valence-corrected chi connectivity index (χ3v) is 3.34. The number of halogens is 1. The Hall–Kier alpha value is -1.69. The first-order valence-electron chi connectivity index (χ1n) is 6.02. The quantitative estimate of drug-likeness (QED) is 0.652. The summed E-state index contributed by atoms with van der Waals surface area (Å²) < 4.78 is 12.7. The number of Topliss-reactive ketones (excluding diaryl/α,β-unsaturated/α-hetero) is 1. The zero-order valence-electron chi connectivity index (χ0n) is 10.5. The molecule has 2 aromatic rings. The second-order valence-corrected chi connectivity index (χ2v) is 4.98. The van der Waals surface area contributed by atoms with Crippen molar-refractivity contribution in [1.29, 1.82) is 0 Å². The topological polar surface area (TPSA) is 58.6 Å². The predicted octanol–water partition coefficient (Wildman–Crippen LogP) is 2.87. The third-order valence-electron chi connectivity index (χ3n) is 2.50. The zero-order valence-corrected chi connectivity index (χ0v) is 11.3. The number of ketones is 1. The molecule has 0 aliphatic rings. The average molecular weight is 279 g/mol. The van der Waals surface area contributed by atoms with Gasteiger partial charge in [0.15, 0.2) is 5.78 Å². The van der Waals surface area contributed by atoms with E-state index in [1.807, 2.05) is 0 Å². The van der Waals surface area contributed by atoms with Crippen LogP contribution in [0.3, 0.4) is 0 Å². The van der Waals surface area contributed by atoms with Gasteiger partial charge in [0.2, 0.25) is 5.16 Å². The van der Waals surface area contributed by atoms with Crippen molar-refractivity contribution in [1.82, 2.24) is 15.2 Å². The van der Waals surface area contributed by atoms with E-state index in [4.69, 9.17) is 0 Å². The van der Waals surface area contributed by atoms with Crippen LogP contribution < -0.4 is 0 Å². The molecule has 100 valence electrons. The lowest BCUT2D eigenvalue weighted by Crippen LogP contribution is -2.02. The number of rotatable bonds is 6. The number of aromatic nitrogens is 3. The summed E-state index contributed by atoms with van der Waals surface area (Å²) in [6, 6.07) is 5.53. The second kappa shape index (κ2) is 6.47. The summed E-state index contributed by atoms with van der Waals surface area (Å²) in [6.07, 6.45) is 1.84. The molecule has 0 spiro atoms. The summed E-state index contributed by atoms with van der Waals surface area (Å²) in [7, 11) is 0. The summed E-state index contributed by atoms with van der Waals surface area (Å²) in [4.78, 5) is 16.1. The van der Waals surface area contributed by atoms with E-state index in [1.165, 1.54) is 36.0 Å². The van der Waals surface area contributed by atoms with Gasteiger partial charge in [0.25, 0.3) is 0 Å². The number of aromatic amines is 1. The molecule has 1 aromatic carbocycles. The van der Waals surface area contributed by atoms with Crippen LogP contribution in [0.2, 0.25) is 0 Å². The first-order chi connectivity index (χ1) is 9.19. The van der Waals surface area contributed by atoms with E-state index < -0.39 is 0 Å². The molecule has 6 heteroatoms. The normalized spacial score (nSPS) is 10.6. The Morgan fingerprint density at radius 3 is 2.79 bits per heavy atom. The summed E-state index contributed by atoms with van der Waals surface area (Å²) in [5.74, 6) is 0.670. The number of hydrogen-bond acceptors (Lipinski definition) is 4. The number of benzene rings is 1. The molecule has 0 aliphatic heterocycles. The van der Waals surface area contributed by atoms with E-state index in [0.717, 1.165) is 18.7 Å². The SMILES string of the molecule is CCCc1nc(SCC(=O)c2ccc(F)cc2)n[nH]1. The molecule has 4 nitrogen and oxygen atoms in total. The highest BCUT2D eigenvalue weighted by Crippen LogP contribution is 2.15. The molecule has 0 bridgehead atoms. The van der Waals surface area contributed by atoms with E-state index >= 15 is 0 Å². The lowest BCUT2D eigenvalue weighted by Gasteiger charge is -1.98. The fourth-order valence-electron chi connectivity index (χ4n) is 1.54. The van der Waals surface area contributed by atoms with Crippen molar-refractivity contribution < 1.29 is 9.18 Å². The van der Waals surface area contributed by atoms with Gasteiger partial charge < -0.3 is 0 Å². The number of carbonyl (C=O) groups is 1. The molecule has 2 rings (SSSR count). The van der Waals surface area contributed by atoms with Gasteiger partial charge in [-0.25, -0.2) is 9.37 Å². The molecular weight excluding hydrogens is 265 g/mol. The molecule has 0 saturated carbocycles. The van der Waals surface area contributed by atoms with Crippen LogP contribution in [-0.2, 0) is 6.42 Å². The molecule has 0 saturated heterocycles. The maximum atomic E-state index is 12.7. The first kappa shape index (κ1) is 13.7. The van der Waals surface area contributed by atoms with Crippen LogP contribution in [0, 0.1) is 5.82 Å². The maximum Gasteiger partial charge on any atom is 0.208 e. The number of H-pyrrole nitrogens is 1. The minimum Gasteiger partial charge on any atom is -0.293 e. The number of carbonyl (C=O) groups excluding carboxylic acids is 1. The van der Waals surface area contributed by atoms with E-state index in [9.17, 15) is 9.18 Å². The van der Waals surface area contributed by atoms with Gasteiger partial charge in [-0.3, -0.25) is 9.89 Å². The second-order valence-electron chi connectivity index (χ2n) is 4.03. The summed E-state index contributed by atoms with van der Waals surface area (Å²) in [6.45, 7) is 2.06. The van der Waals surface area contributed by atoms with Gasteiger partial charge in [-0.15, -0.1) is 5.10 Å². The van der Waals surface area contributed by atoms with E-state index in [0.29, 0.717) is 10.7 Å². The summed E-state index contributed by atoms with van der Waals surface area (Å²) >= 11 is 1.28. The maximum absolute atomic E-state index is 12.7. The monoisotopic (exact) mass is 279 g/mol. The molecule has 0 fully saturated rings. The Labute approximate surface area is 114 Å². The third kappa shape index (κ3) is 3.89. The van der Waals surface area contributed by atoms with E-state index in [1.54, 1.807) is 0 Å². The van der Waals surface area contributed by atoms with Crippen LogP contribution in [0.15, 0.2) is 29.4 Å². The molecule has 19 heavy (non-hydrogen) atoms. The van der Waals surface area contributed by atoms with Crippen molar-refractivity contribution in [3.8, 4) is 0 Å². The van der Waals surface area contributed by atoms with Gasteiger partial charge in [0.05, 0.1) is 5.75 Å². The highest BCUT2D eigenvalue weighted by atomic mass is 32.2. The van der Waals surface area contributed by atoms with Gasteiger partial charge in [-0.05, 0) is 30.7 Å². The van der Waals surface area contributed by atoms with Gasteiger partial charge in [-0.2, -0.15) is 0 Å². The lowest BCUT2D eigenvalue weighted by molar-refractivity contribution is 0.102. The number of hydrogen-bond donors (Lipinski definition) is 1. The Balaban J connectivity index is 1.90. The highest BCUT2D eigenvalue weighted by Gasteiger charge is 2.09. The molecule has 1 aromatic heterocycles. The Morgan fingerprint density at radius 1 is 1.37 bits per heavy atom. The van der Waals surface area contributed by atoms with Crippen molar-refractivity contribution in [2.24, 2.45) is 0 Å². The fourth-order valence-corrected chi connectivity index (χ4v) is 2.25. The zero-order chi connectivity index (χ0) is 13.7. The smallest absolute Gasteiger partial charge is 0.208 e. The standard InChI is InChI=1S/C13H14FN3OS/c1-2-3-12-15-13(17-16-12)19-8-11(18)9-4-6-10(14)7-5-9/h4-7H,2-3,8H2,1H3,(H,15,16,17). The molecular formula is C13H14FN3OS. The largest absolute Gasteiger partial charge is 0.293 e. The van der Waals surface area contributed by atoms with Crippen LogP contribution >= 0.6 is 11.8 Å². The Kier molecular flexibility index (Phi) is 4.68. The first-order valence-corrected chi connectivity index (χ1v) is 7.00. The molecule has 0 amide bonds. The van der Waals surface area contributed by atoms with Crippen molar-refractivity contribution >= 4 is 17.5 Å². The van der Waals surface area contributed by atoms with Gasteiger partial charge in [0, 0.05) is 12.0 Å². The number of aryl methyl sites for hydroxylation is 1. The molecule has 0 radical (unpaired) electrons. The van der Waals surface area contributed by atoms with Crippen molar-refractivity contribution in [3.05, 3.63) is 41.5 Å². The van der Waals surface area contributed by atoms with Gasteiger partial charge in [0.1, 0.15) is 11.6 Å². The minimum absolute atomic E-state index is 0.0631. The predicted molar refractivity (Wildman–Crippen MR) is 71.8 cm³/mol. The molecule has 1 heterocycles. The van der Waals surface area contributed by atoms with E-state index in [2.05, 4.69) is 22.1 Å². The number of nitrogens with one attached hydrogen (secondary N) is 1. The Morgan fingerprint density at radius 2 is 2.11 bits per heavy atom. The van der Waals surface area contributed by atoms with Gasteiger partial charge in [-0.1, -0.05) is 18.7 Å². The van der Waals surface area contributed by atoms with E-state index in [-0.39, 0.29) is 17.4 Å². The van der Waals surface area contributed by atoms with Crippen LogP contribution in [-0.4, -0.2) is 26.7 Å². The van der Waals surface area contributed by atoms with Crippen molar-refractivity contribution in [2.45, 2.75) is 24.9 Å². The number of nitrogens with zero attached hydrogens (tertiary/aromatic N) is 2. The molecule has 0 atom stereocenters. The number of thioether (sulfide) groups is 1. The lowest BCUT2D eigenvalue weighted by atomic mass is 10.1. The van der Waals surface area contributed by atoms with Crippen LogP contribution in [0.4, 0.5) is 4.39 Å². The Bertz CT molecular complexity index is 553. The highest BCUT2D eigenvalue weighted by molar-refractivity contribution is 7.99.